The van der Waals surface area contributed by atoms with Gasteiger partial charge in [0.05, 0.1) is 7.11 Å². The van der Waals surface area contributed by atoms with Crippen LogP contribution in [0.2, 0.25) is 0 Å². The van der Waals surface area contributed by atoms with Crippen molar-refractivity contribution in [2.24, 2.45) is 0 Å². The van der Waals surface area contributed by atoms with Crippen LogP contribution in [0.25, 0.3) is 0 Å². The van der Waals surface area contributed by atoms with Crippen LogP contribution in [0, 0.1) is 0 Å². The summed E-state index contributed by atoms with van der Waals surface area (Å²) in [6.45, 7) is 0. The van der Waals surface area contributed by atoms with Crippen LogP contribution >= 0.6 is 0 Å². The third-order valence-electron chi connectivity index (χ3n) is 3.09. The maximum Gasteiger partial charge on any atom is 0.138 e. The van der Waals surface area contributed by atoms with Crippen molar-refractivity contribution in [2.45, 2.75) is 0 Å². The molecule has 2 heterocycles. The largest absolute Gasteiger partial charge is 0.497 e. The molecule has 21 heavy (non-hydrogen) atoms. The van der Waals surface area contributed by atoms with Crippen LogP contribution in [0.5, 0.6) is 5.75 Å². The normalized spacial score (nSPS) is 10.1. The van der Waals surface area contributed by atoms with Gasteiger partial charge < -0.3 is 4.74 Å². The van der Waals surface area contributed by atoms with Gasteiger partial charge in [-0.2, -0.15) is 0 Å². The monoisotopic (exact) mass is 277 g/mol. The molecule has 0 saturated carbocycles. The fourth-order valence-corrected chi connectivity index (χ4v) is 2.09. The van der Waals surface area contributed by atoms with Crippen molar-refractivity contribution in [3.05, 3.63) is 73.1 Å². The molecule has 0 fully saturated rings. The molecule has 3 aromatic rings. The second-order valence-electron chi connectivity index (χ2n) is 4.41. The number of rotatable bonds is 4. The lowest BCUT2D eigenvalue weighted by Crippen LogP contribution is -2.12. The van der Waals surface area contributed by atoms with Gasteiger partial charge in [0.25, 0.3) is 0 Å². The minimum absolute atomic E-state index is 0.820. The van der Waals surface area contributed by atoms with E-state index >= 15 is 0 Å². The molecule has 0 aliphatic heterocycles. The summed E-state index contributed by atoms with van der Waals surface area (Å²) in [5.41, 5.74) is 0.980. The molecule has 0 amide bonds. The molecule has 0 saturated heterocycles. The van der Waals surface area contributed by atoms with E-state index in [0.29, 0.717) is 0 Å². The minimum atomic E-state index is 0.820. The third kappa shape index (κ3) is 2.84. The molecule has 4 heteroatoms. The zero-order valence-corrected chi connectivity index (χ0v) is 11.7. The predicted octanol–water partition coefficient (Wildman–Crippen LogP) is 3.96. The van der Waals surface area contributed by atoms with Crippen LogP contribution in [0.1, 0.15) is 0 Å². The third-order valence-corrected chi connectivity index (χ3v) is 3.09. The maximum absolute atomic E-state index is 5.21. The van der Waals surface area contributed by atoms with E-state index in [1.54, 1.807) is 19.5 Å². The number of nitrogens with zero attached hydrogens (tertiary/aromatic N) is 3. The Morgan fingerprint density at radius 2 is 1.33 bits per heavy atom. The van der Waals surface area contributed by atoms with Crippen molar-refractivity contribution in [3.8, 4) is 5.75 Å². The average molecular weight is 277 g/mol. The van der Waals surface area contributed by atoms with Gasteiger partial charge in [0, 0.05) is 18.1 Å². The summed E-state index contributed by atoms with van der Waals surface area (Å²) in [4.78, 5) is 10.9. The van der Waals surface area contributed by atoms with Gasteiger partial charge in [-0.25, -0.2) is 9.97 Å². The SMILES string of the molecule is COc1ccc(N(c2ccccn2)c2ccccn2)cc1. The fourth-order valence-electron chi connectivity index (χ4n) is 2.09. The number of hydrogen-bond acceptors (Lipinski definition) is 4. The highest BCUT2D eigenvalue weighted by Crippen LogP contribution is 2.32. The Morgan fingerprint density at radius 1 is 0.762 bits per heavy atom. The van der Waals surface area contributed by atoms with E-state index in [1.165, 1.54) is 0 Å². The first-order chi connectivity index (χ1) is 10.4. The van der Waals surface area contributed by atoms with E-state index < -0.39 is 0 Å². The van der Waals surface area contributed by atoms with Gasteiger partial charge in [-0.15, -0.1) is 0 Å². The van der Waals surface area contributed by atoms with Crippen LogP contribution in [0.3, 0.4) is 0 Å². The number of benzene rings is 1. The first kappa shape index (κ1) is 13.1. The van der Waals surface area contributed by atoms with Crippen molar-refractivity contribution >= 4 is 17.3 Å². The highest BCUT2D eigenvalue weighted by Gasteiger charge is 2.13. The molecule has 0 N–H and O–H groups in total. The first-order valence-corrected chi connectivity index (χ1v) is 6.65. The molecule has 3 rings (SSSR count). The summed E-state index contributed by atoms with van der Waals surface area (Å²) in [6.07, 6.45) is 3.55. The molecular formula is C17H15N3O. The van der Waals surface area contributed by atoms with Gasteiger partial charge in [0.1, 0.15) is 17.4 Å². The Morgan fingerprint density at radius 3 is 1.76 bits per heavy atom. The van der Waals surface area contributed by atoms with Crippen LogP contribution in [-0.4, -0.2) is 17.1 Å². The molecule has 0 bridgehead atoms. The zero-order chi connectivity index (χ0) is 14.5. The molecule has 4 nitrogen and oxygen atoms in total. The molecule has 0 aliphatic carbocycles. The smallest absolute Gasteiger partial charge is 0.138 e. The Balaban J connectivity index is 2.07. The van der Waals surface area contributed by atoms with Gasteiger partial charge >= 0.3 is 0 Å². The maximum atomic E-state index is 5.21. The standard InChI is InChI=1S/C17H15N3O/c1-21-15-10-8-14(9-11-15)20(16-6-2-4-12-18-16)17-7-3-5-13-19-17/h2-13H,1H3. The molecule has 0 unspecified atom stereocenters. The number of ether oxygens (including phenoxy) is 1. The number of pyridine rings is 2. The molecule has 1 aromatic carbocycles. The molecular weight excluding hydrogens is 262 g/mol. The molecule has 0 atom stereocenters. The number of hydrogen-bond donors (Lipinski definition) is 0. The summed E-state index contributed by atoms with van der Waals surface area (Å²) in [6, 6.07) is 19.5. The molecule has 0 aliphatic rings. The quantitative estimate of drug-likeness (QED) is 0.723. The van der Waals surface area contributed by atoms with E-state index in [0.717, 1.165) is 23.1 Å². The zero-order valence-electron chi connectivity index (χ0n) is 11.7. The van der Waals surface area contributed by atoms with E-state index in [4.69, 9.17) is 4.74 Å². The topological polar surface area (TPSA) is 38.2 Å². The summed E-state index contributed by atoms with van der Waals surface area (Å²) < 4.78 is 5.21. The van der Waals surface area contributed by atoms with Gasteiger partial charge in [0.15, 0.2) is 0 Å². The van der Waals surface area contributed by atoms with Crippen LogP contribution in [-0.2, 0) is 0 Å². The van der Waals surface area contributed by atoms with Gasteiger partial charge in [0.2, 0.25) is 0 Å². The Hall–Kier alpha value is -2.88. The number of methoxy groups -OCH3 is 1. The molecule has 0 radical (unpaired) electrons. The van der Waals surface area contributed by atoms with Crippen molar-refractivity contribution in [1.29, 1.82) is 0 Å². The summed E-state index contributed by atoms with van der Waals surface area (Å²) in [5, 5.41) is 0. The molecule has 2 aromatic heterocycles. The molecule has 0 spiro atoms. The lowest BCUT2D eigenvalue weighted by Gasteiger charge is -2.22. The van der Waals surface area contributed by atoms with Crippen LogP contribution in [0.4, 0.5) is 17.3 Å². The Labute approximate surface area is 123 Å². The van der Waals surface area contributed by atoms with Gasteiger partial charge in [-0.1, -0.05) is 12.1 Å². The van der Waals surface area contributed by atoms with Gasteiger partial charge in [-0.05, 0) is 48.5 Å². The summed E-state index contributed by atoms with van der Waals surface area (Å²) in [5.74, 6) is 2.46. The number of anilines is 3. The van der Waals surface area contributed by atoms with Crippen molar-refractivity contribution in [1.82, 2.24) is 9.97 Å². The summed E-state index contributed by atoms with van der Waals surface area (Å²) >= 11 is 0. The lowest BCUT2D eigenvalue weighted by molar-refractivity contribution is 0.415. The van der Waals surface area contributed by atoms with E-state index in [1.807, 2.05) is 65.6 Å². The van der Waals surface area contributed by atoms with Crippen molar-refractivity contribution in [2.75, 3.05) is 12.0 Å². The molecule has 104 valence electrons. The van der Waals surface area contributed by atoms with Crippen LogP contribution < -0.4 is 9.64 Å². The fraction of sp³-hybridized carbons (Fsp3) is 0.0588. The summed E-state index contributed by atoms with van der Waals surface area (Å²) in [7, 11) is 1.66. The predicted molar refractivity (Wildman–Crippen MR) is 83.3 cm³/mol. The van der Waals surface area contributed by atoms with E-state index in [9.17, 15) is 0 Å². The highest BCUT2D eigenvalue weighted by atomic mass is 16.5. The Kier molecular flexibility index (Phi) is 3.78. The minimum Gasteiger partial charge on any atom is -0.497 e. The second kappa shape index (κ2) is 6.05. The Bertz CT molecular complexity index is 645. The van der Waals surface area contributed by atoms with E-state index in [-0.39, 0.29) is 0 Å². The average Bonchev–Trinajstić information content (AvgIpc) is 2.58. The number of aromatic nitrogens is 2. The first-order valence-electron chi connectivity index (χ1n) is 6.65. The van der Waals surface area contributed by atoms with Crippen LogP contribution in [0.15, 0.2) is 73.1 Å². The van der Waals surface area contributed by atoms with Crippen molar-refractivity contribution < 1.29 is 4.74 Å². The van der Waals surface area contributed by atoms with E-state index in [2.05, 4.69) is 9.97 Å². The second-order valence-corrected chi connectivity index (χ2v) is 4.41. The van der Waals surface area contributed by atoms with Crippen molar-refractivity contribution in [3.63, 3.8) is 0 Å². The van der Waals surface area contributed by atoms with Gasteiger partial charge in [-0.3, -0.25) is 4.90 Å². The lowest BCUT2D eigenvalue weighted by atomic mass is 10.2. The highest BCUT2D eigenvalue weighted by molar-refractivity contribution is 5.72.